The van der Waals surface area contributed by atoms with Crippen molar-refractivity contribution in [3.63, 3.8) is 0 Å². The molecule has 0 radical (unpaired) electrons. The molecule has 1 aromatic heterocycles. The predicted octanol–water partition coefficient (Wildman–Crippen LogP) is 3.86. The number of rotatable bonds is 4. The number of amides is 2. The van der Waals surface area contributed by atoms with E-state index in [2.05, 4.69) is 15.3 Å². The van der Waals surface area contributed by atoms with Crippen molar-refractivity contribution in [2.24, 2.45) is 5.73 Å². The number of aromatic amines is 1. The number of hydrogen-bond acceptors (Lipinski definition) is 3. The first kappa shape index (κ1) is 18.3. The maximum atomic E-state index is 13.4. The quantitative estimate of drug-likeness (QED) is 0.492. The molecule has 0 atom stereocenters. The zero-order valence-corrected chi connectivity index (χ0v) is 14.9. The summed E-state index contributed by atoms with van der Waals surface area (Å²) >= 11 is 0. The van der Waals surface area contributed by atoms with Crippen molar-refractivity contribution in [1.82, 2.24) is 9.97 Å². The van der Waals surface area contributed by atoms with Gasteiger partial charge in [0.2, 0.25) is 5.91 Å². The molecule has 29 heavy (non-hydrogen) atoms. The first-order chi connectivity index (χ1) is 13.9. The Morgan fingerprint density at radius 1 is 0.931 bits per heavy atom. The van der Waals surface area contributed by atoms with E-state index in [-0.39, 0.29) is 5.56 Å². The minimum Gasteiger partial charge on any atom is -0.366 e. The van der Waals surface area contributed by atoms with Gasteiger partial charge in [-0.2, -0.15) is 0 Å². The van der Waals surface area contributed by atoms with E-state index in [0.29, 0.717) is 33.7 Å². The van der Waals surface area contributed by atoms with Crippen molar-refractivity contribution in [1.29, 1.82) is 0 Å². The monoisotopic (exact) mass is 392 g/mol. The summed E-state index contributed by atoms with van der Waals surface area (Å²) in [7, 11) is 0. The molecule has 4 N–H and O–H groups in total. The molecule has 0 aliphatic rings. The summed E-state index contributed by atoms with van der Waals surface area (Å²) in [5.41, 5.74) is 7.66. The molecule has 0 bridgehead atoms. The van der Waals surface area contributed by atoms with E-state index in [4.69, 9.17) is 5.73 Å². The van der Waals surface area contributed by atoms with Gasteiger partial charge in [-0.05, 0) is 42.5 Å². The van der Waals surface area contributed by atoms with Gasteiger partial charge < -0.3 is 16.0 Å². The fourth-order valence-corrected chi connectivity index (χ4v) is 2.87. The van der Waals surface area contributed by atoms with Crippen molar-refractivity contribution >= 4 is 28.5 Å². The van der Waals surface area contributed by atoms with Crippen LogP contribution in [0, 0.1) is 11.6 Å². The number of imidazole rings is 1. The SMILES string of the molecule is NC(=O)c1cccc(C(=O)Nc2ccc(-c3nc4cc(F)c(F)cc4[nH]3)cc2)c1. The predicted molar refractivity (Wildman–Crippen MR) is 104 cm³/mol. The Hall–Kier alpha value is -4.07. The van der Waals surface area contributed by atoms with Gasteiger partial charge in [0.15, 0.2) is 11.6 Å². The number of benzene rings is 3. The molecule has 0 aliphatic heterocycles. The number of halogens is 2. The highest BCUT2D eigenvalue weighted by Gasteiger charge is 2.11. The van der Waals surface area contributed by atoms with E-state index in [1.807, 2.05) is 0 Å². The highest BCUT2D eigenvalue weighted by molar-refractivity contribution is 6.06. The van der Waals surface area contributed by atoms with Gasteiger partial charge in [-0.3, -0.25) is 9.59 Å². The minimum atomic E-state index is -0.964. The highest BCUT2D eigenvalue weighted by atomic mass is 19.2. The van der Waals surface area contributed by atoms with Crippen molar-refractivity contribution in [2.45, 2.75) is 0 Å². The number of aromatic nitrogens is 2. The molecule has 1 heterocycles. The van der Waals surface area contributed by atoms with Crippen LogP contribution in [0.15, 0.2) is 60.7 Å². The van der Waals surface area contributed by atoms with E-state index >= 15 is 0 Å². The second kappa shape index (κ2) is 7.16. The number of hydrogen-bond donors (Lipinski definition) is 3. The summed E-state index contributed by atoms with van der Waals surface area (Å²) in [6.07, 6.45) is 0. The molecule has 6 nitrogen and oxygen atoms in total. The van der Waals surface area contributed by atoms with E-state index in [1.165, 1.54) is 12.1 Å². The Kier molecular flexibility index (Phi) is 4.52. The van der Waals surface area contributed by atoms with Crippen molar-refractivity contribution in [3.8, 4) is 11.4 Å². The Labute approximate surface area is 163 Å². The minimum absolute atomic E-state index is 0.241. The highest BCUT2D eigenvalue weighted by Crippen LogP contribution is 2.24. The number of H-pyrrole nitrogens is 1. The fourth-order valence-electron chi connectivity index (χ4n) is 2.87. The van der Waals surface area contributed by atoms with Crippen molar-refractivity contribution in [3.05, 3.63) is 83.4 Å². The average Bonchev–Trinajstić information content (AvgIpc) is 3.11. The van der Waals surface area contributed by atoms with Crippen LogP contribution >= 0.6 is 0 Å². The number of fused-ring (bicyclic) bond motifs is 1. The number of nitrogens with one attached hydrogen (secondary N) is 2. The molecule has 144 valence electrons. The summed E-state index contributed by atoms with van der Waals surface area (Å²) in [6, 6.07) is 14.9. The normalized spacial score (nSPS) is 10.8. The van der Waals surface area contributed by atoms with Crippen LogP contribution in [-0.2, 0) is 0 Å². The van der Waals surface area contributed by atoms with Crippen LogP contribution in [0.2, 0.25) is 0 Å². The molecular formula is C21H14F2N4O2. The van der Waals surface area contributed by atoms with E-state index < -0.39 is 23.4 Å². The first-order valence-corrected chi connectivity index (χ1v) is 8.57. The molecular weight excluding hydrogens is 378 g/mol. The summed E-state index contributed by atoms with van der Waals surface area (Å²) in [5.74, 6) is -2.48. The lowest BCUT2D eigenvalue weighted by Crippen LogP contribution is -2.15. The van der Waals surface area contributed by atoms with Gasteiger partial charge in [-0.15, -0.1) is 0 Å². The van der Waals surface area contributed by atoms with Gasteiger partial charge in [-0.1, -0.05) is 6.07 Å². The topological polar surface area (TPSA) is 101 Å². The second-order valence-corrected chi connectivity index (χ2v) is 6.35. The first-order valence-electron chi connectivity index (χ1n) is 8.57. The number of carbonyl (C=O) groups is 2. The third kappa shape index (κ3) is 3.68. The number of nitrogens with zero attached hydrogens (tertiary/aromatic N) is 1. The molecule has 4 aromatic rings. The summed E-state index contributed by atoms with van der Waals surface area (Å²) in [6.45, 7) is 0. The third-order valence-electron chi connectivity index (χ3n) is 4.35. The smallest absolute Gasteiger partial charge is 0.255 e. The standard InChI is InChI=1S/C21H14F2N4O2/c22-15-9-17-18(10-16(15)23)27-20(26-17)11-4-6-14(7-5-11)25-21(29)13-3-1-2-12(8-13)19(24)28/h1-10H,(H2,24,28)(H,25,29)(H,26,27). The van der Waals surface area contributed by atoms with E-state index in [0.717, 1.165) is 12.1 Å². The van der Waals surface area contributed by atoms with Crippen LogP contribution in [0.4, 0.5) is 14.5 Å². The Bertz CT molecular complexity index is 1210. The van der Waals surface area contributed by atoms with Gasteiger partial charge in [0.1, 0.15) is 5.82 Å². The number of nitrogens with two attached hydrogens (primary N) is 1. The molecule has 0 saturated heterocycles. The van der Waals surface area contributed by atoms with Crippen LogP contribution in [0.1, 0.15) is 20.7 Å². The molecule has 0 spiro atoms. The third-order valence-corrected chi connectivity index (χ3v) is 4.35. The Balaban J connectivity index is 1.54. The van der Waals surface area contributed by atoms with Gasteiger partial charge in [0.05, 0.1) is 11.0 Å². The summed E-state index contributed by atoms with van der Waals surface area (Å²) in [5, 5.41) is 2.72. The molecule has 0 fully saturated rings. The van der Waals surface area contributed by atoms with Crippen LogP contribution in [0.3, 0.4) is 0 Å². The molecule has 2 amide bonds. The Morgan fingerprint density at radius 3 is 2.34 bits per heavy atom. The largest absolute Gasteiger partial charge is 0.366 e. The molecule has 4 rings (SSSR count). The van der Waals surface area contributed by atoms with E-state index in [9.17, 15) is 18.4 Å². The van der Waals surface area contributed by atoms with Gasteiger partial charge in [0.25, 0.3) is 5.91 Å². The molecule has 0 saturated carbocycles. The van der Waals surface area contributed by atoms with Crippen molar-refractivity contribution < 1.29 is 18.4 Å². The molecule has 8 heteroatoms. The molecule has 0 unspecified atom stereocenters. The lowest BCUT2D eigenvalue weighted by molar-refractivity contribution is 0.1000. The fraction of sp³-hybridized carbons (Fsp3) is 0. The van der Waals surface area contributed by atoms with Crippen LogP contribution < -0.4 is 11.1 Å². The summed E-state index contributed by atoms with van der Waals surface area (Å²) in [4.78, 5) is 30.8. The van der Waals surface area contributed by atoms with Crippen molar-refractivity contribution in [2.75, 3.05) is 5.32 Å². The lowest BCUT2D eigenvalue weighted by atomic mass is 10.1. The zero-order valence-electron chi connectivity index (χ0n) is 14.9. The van der Waals surface area contributed by atoms with Crippen LogP contribution in [0.5, 0.6) is 0 Å². The Morgan fingerprint density at radius 2 is 1.62 bits per heavy atom. The number of anilines is 1. The zero-order chi connectivity index (χ0) is 20.5. The summed E-state index contributed by atoms with van der Waals surface area (Å²) < 4.78 is 26.7. The average molecular weight is 392 g/mol. The maximum absolute atomic E-state index is 13.4. The lowest BCUT2D eigenvalue weighted by Gasteiger charge is -2.07. The maximum Gasteiger partial charge on any atom is 0.255 e. The van der Waals surface area contributed by atoms with Crippen LogP contribution in [-0.4, -0.2) is 21.8 Å². The number of primary amides is 1. The van der Waals surface area contributed by atoms with Gasteiger partial charge in [-0.25, -0.2) is 13.8 Å². The second-order valence-electron chi connectivity index (χ2n) is 6.35. The van der Waals surface area contributed by atoms with E-state index in [1.54, 1.807) is 36.4 Å². The van der Waals surface area contributed by atoms with Gasteiger partial charge >= 0.3 is 0 Å². The number of carbonyl (C=O) groups excluding carboxylic acids is 2. The van der Waals surface area contributed by atoms with Gasteiger partial charge in [0, 0.05) is 34.5 Å². The molecule has 3 aromatic carbocycles. The molecule has 0 aliphatic carbocycles. The van der Waals surface area contributed by atoms with Crippen LogP contribution in [0.25, 0.3) is 22.4 Å².